The van der Waals surface area contributed by atoms with Gasteiger partial charge in [-0.25, -0.2) is 0 Å². The second-order valence-electron chi connectivity index (χ2n) is 13.3. The number of fused-ring (bicyclic) bond motifs is 2. The van der Waals surface area contributed by atoms with E-state index >= 15 is 0 Å². The summed E-state index contributed by atoms with van der Waals surface area (Å²) in [5.74, 6) is -1.64. The summed E-state index contributed by atoms with van der Waals surface area (Å²) in [5, 5.41) is 2.94. The number of thiazole rings is 1. The predicted molar refractivity (Wildman–Crippen MR) is 184 cm³/mol. The van der Waals surface area contributed by atoms with Crippen molar-refractivity contribution in [2.24, 2.45) is 11.8 Å². The molecule has 7 rings (SSSR count). The topological polar surface area (TPSA) is 138 Å². The van der Waals surface area contributed by atoms with Crippen LogP contribution < -0.4 is 10.1 Å². The molecule has 4 atom stereocenters. The zero-order chi connectivity index (χ0) is 34.8. The quantitative estimate of drug-likeness (QED) is 0.250. The van der Waals surface area contributed by atoms with Crippen molar-refractivity contribution >= 4 is 40.9 Å². The van der Waals surface area contributed by atoms with Gasteiger partial charge in [0.1, 0.15) is 16.7 Å². The van der Waals surface area contributed by atoms with Crippen LogP contribution in [0.25, 0.3) is 0 Å². The summed E-state index contributed by atoms with van der Waals surface area (Å²) < 4.78 is 11.8. The minimum Gasteiger partial charge on any atom is -0.488 e. The van der Waals surface area contributed by atoms with Gasteiger partial charge in [0, 0.05) is 50.6 Å². The van der Waals surface area contributed by atoms with Crippen molar-refractivity contribution in [1.82, 2.24) is 25.0 Å². The Hall–Kier alpha value is -4.62. The Morgan fingerprint density at radius 2 is 1.72 bits per heavy atom. The molecular formula is C37H41N5O7S. The highest BCUT2D eigenvalue weighted by molar-refractivity contribution is 7.11. The van der Waals surface area contributed by atoms with E-state index in [4.69, 9.17) is 9.47 Å². The number of amides is 5. The lowest BCUT2D eigenvalue weighted by Gasteiger charge is -2.43. The van der Waals surface area contributed by atoms with Gasteiger partial charge in [-0.2, -0.15) is 0 Å². The fourth-order valence-corrected chi connectivity index (χ4v) is 8.49. The zero-order valence-electron chi connectivity index (χ0n) is 28.0. The molecule has 1 saturated heterocycles. The second kappa shape index (κ2) is 14.7. The Bertz CT molecular complexity index is 1750. The number of benzene rings is 2. The molecule has 3 aliphatic heterocycles. The van der Waals surface area contributed by atoms with E-state index in [1.165, 1.54) is 16.2 Å². The Morgan fingerprint density at radius 1 is 0.960 bits per heavy atom. The SMILES string of the molecule is COCCNC(=O)[C@H]1CCCC[C@H]1C(=O)N1CCc2cccc(OC3CCN(C(=O)c4cncs4)C3)c2[C@H]1CN1C(=O)c2ccccc2C1=O. The second-order valence-corrected chi connectivity index (χ2v) is 14.2. The smallest absolute Gasteiger partial charge is 0.265 e. The first kappa shape index (κ1) is 33.9. The Morgan fingerprint density at radius 3 is 2.44 bits per heavy atom. The number of hydrogen-bond donors (Lipinski definition) is 1. The van der Waals surface area contributed by atoms with E-state index in [1.807, 2.05) is 18.2 Å². The van der Waals surface area contributed by atoms with Gasteiger partial charge in [-0.05, 0) is 43.0 Å². The third-order valence-corrected chi connectivity index (χ3v) is 11.2. The van der Waals surface area contributed by atoms with Gasteiger partial charge < -0.3 is 24.6 Å². The molecule has 50 heavy (non-hydrogen) atoms. The molecule has 1 aliphatic carbocycles. The maximum Gasteiger partial charge on any atom is 0.265 e. The van der Waals surface area contributed by atoms with Crippen LogP contribution in [0.15, 0.2) is 54.2 Å². The highest BCUT2D eigenvalue weighted by Crippen LogP contribution is 2.42. The van der Waals surface area contributed by atoms with E-state index in [-0.39, 0.29) is 30.4 Å². The van der Waals surface area contributed by atoms with Crippen LogP contribution in [0, 0.1) is 11.8 Å². The monoisotopic (exact) mass is 699 g/mol. The van der Waals surface area contributed by atoms with E-state index in [9.17, 15) is 24.0 Å². The van der Waals surface area contributed by atoms with Crippen molar-refractivity contribution in [3.63, 3.8) is 0 Å². The van der Waals surface area contributed by atoms with E-state index in [1.54, 1.807) is 52.9 Å². The number of carbonyl (C=O) groups is 5. The first-order valence-corrected chi connectivity index (χ1v) is 18.2. The summed E-state index contributed by atoms with van der Waals surface area (Å²) in [6.45, 7) is 2.00. The third kappa shape index (κ3) is 6.51. The molecule has 0 radical (unpaired) electrons. The number of nitrogens with one attached hydrogen (secondary N) is 1. The van der Waals surface area contributed by atoms with Crippen molar-refractivity contribution in [2.75, 3.05) is 46.4 Å². The summed E-state index contributed by atoms with van der Waals surface area (Å²) in [7, 11) is 1.57. The third-order valence-electron chi connectivity index (χ3n) is 10.4. The highest BCUT2D eigenvalue weighted by atomic mass is 32.1. The summed E-state index contributed by atoms with van der Waals surface area (Å²) in [6.07, 6.45) is 5.33. The van der Waals surface area contributed by atoms with Gasteiger partial charge in [-0.15, -0.1) is 11.3 Å². The van der Waals surface area contributed by atoms with Crippen molar-refractivity contribution < 1.29 is 33.4 Å². The molecule has 0 bridgehead atoms. The number of ether oxygens (including phenoxy) is 2. The van der Waals surface area contributed by atoms with Crippen LogP contribution in [-0.2, 0) is 20.7 Å². The molecule has 13 heteroatoms. The van der Waals surface area contributed by atoms with E-state index in [0.717, 1.165) is 24.0 Å². The molecule has 1 N–H and O–H groups in total. The van der Waals surface area contributed by atoms with Crippen LogP contribution in [0.1, 0.15) is 79.7 Å². The number of likely N-dealkylation sites (tertiary alicyclic amines) is 1. The van der Waals surface area contributed by atoms with Crippen LogP contribution in [0.4, 0.5) is 0 Å². The van der Waals surface area contributed by atoms with Gasteiger partial charge in [0.05, 0.1) is 48.6 Å². The molecular weight excluding hydrogens is 659 g/mol. The number of carbonyl (C=O) groups excluding carboxylic acids is 5. The molecule has 2 aromatic carbocycles. The lowest BCUT2D eigenvalue weighted by molar-refractivity contribution is -0.146. The molecule has 5 amide bonds. The highest BCUT2D eigenvalue weighted by Gasteiger charge is 2.45. The number of nitrogens with zero attached hydrogens (tertiary/aromatic N) is 4. The molecule has 3 aromatic rings. The van der Waals surface area contributed by atoms with E-state index in [2.05, 4.69) is 10.3 Å². The van der Waals surface area contributed by atoms with Gasteiger partial charge in [0.25, 0.3) is 17.7 Å². The van der Waals surface area contributed by atoms with Gasteiger partial charge in [-0.1, -0.05) is 37.1 Å². The molecule has 12 nitrogen and oxygen atoms in total. The van der Waals surface area contributed by atoms with Gasteiger partial charge in [-0.3, -0.25) is 33.9 Å². The first-order chi connectivity index (χ1) is 24.4. The minimum absolute atomic E-state index is 0.0520. The van der Waals surface area contributed by atoms with E-state index < -0.39 is 29.7 Å². The van der Waals surface area contributed by atoms with Gasteiger partial charge in [0.15, 0.2) is 0 Å². The molecule has 2 fully saturated rings. The largest absolute Gasteiger partial charge is 0.488 e. The number of rotatable bonds is 10. The lowest BCUT2D eigenvalue weighted by Crippen LogP contribution is -2.51. The molecule has 4 heterocycles. The van der Waals surface area contributed by atoms with Crippen molar-refractivity contribution in [1.29, 1.82) is 0 Å². The van der Waals surface area contributed by atoms with Crippen LogP contribution in [-0.4, -0.2) is 102 Å². The first-order valence-electron chi connectivity index (χ1n) is 17.3. The molecule has 262 valence electrons. The standard InChI is InChI=1S/C37H41N5O7S/c1-48-18-15-39-33(43)25-8-2-3-9-26(25)34(44)41-17-13-23-7-6-12-30(49-24-14-16-40(20-24)37(47)31-19-38-22-50-31)32(23)29(41)21-42-35(45)27-10-4-5-11-28(27)36(42)46/h4-7,10-12,19,22,24-26,29H,2-3,8-9,13-18,20-21H2,1H3,(H,39,43)/t24?,25-,26+,29+/m0/s1. The minimum atomic E-state index is -0.694. The normalized spacial score (nSPS) is 23.1. The lowest BCUT2D eigenvalue weighted by atomic mass is 9.77. The van der Waals surface area contributed by atoms with Crippen LogP contribution in [0.5, 0.6) is 5.75 Å². The summed E-state index contributed by atoms with van der Waals surface area (Å²) in [5.41, 5.74) is 4.05. The molecule has 0 spiro atoms. The summed E-state index contributed by atoms with van der Waals surface area (Å²) in [6, 6.07) is 11.9. The zero-order valence-corrected chi connectivity index (χ0v) is 28.9. The Labute approximate surface area is 294 Å². The molecule has 1 unspecified atom stereocenters. The molecule has 1 aromatic heterocycles. The summed E-state index contributed by atoms with van der Waals surface area (Å²) in [4.78, 5) is 77.8. The van der Waals surface area contributed by atoms with Crippen molar-refractivity contribution in [3.8, 4) is 5.75 Å². The van der Waals surface area contributed by atoms with Crippen molar-refractivity contribution in [3.05, 3.63) is 81.3 Å². The fourth-order valence-electron chi connectivity index (χ4n) is 7.90. The molecule has 4 aliphatic rings. The van der Waals surface area contributed by atoms with Gasteiger partial charge >= 0.3 is 0 Å². The average Bonchev–Trinajstić information content (AvgIpc) is 3.90. The number of imide groups is 1. The van der Waals surface area contributed by atoms with Crippen LogP contribution >= 0.6 is 11.3 Å². The van der Waals surface area contributed by atoms with Gasteiger partial charge in [0.2, 0.25) is 11.8 Å². The molecule has 1 saturated carbocycles. The summed E-state index contributed by atoms with van der Waals surface area (Å²) >= 11 is 1.30. The Balaban J connectivity index is 1.19. The maximum absolute atomic E-state index is 14.7. The number of hydrogen-bond acceptors (Lipinski definition) is 9. The number of methoxy groups -OCH3 is 1. The van der Waals surface area contributed by atoms with Crippen LogP contribution in [0.3, 0.4) is 0 Å². The average molecular weight is 700 g/mol. The van der Waals surface area contributed by atoms with Crippen LogP contribution in [0.2, 0.25) is 0 Å². The van der Waals surface area contributed by atoms with Crippen molar-refractivity contribution in [2.45, 2.75) is 50.7 Å². The Kier molecular flexibility index (Phi) is 9.95. The predicted octanol–water partition coefficient (Wildman–Crippen LogP) is 3.73. The fraction of sp³-hybridized carbons (Fsp3) is 0.459. The maximum atomic E-state index is 14.7. The van der Waals surface area contributed by atoms with E-state index in [0.29, 0.717) is 80.2 Å². The number of aromatic nitrogens is 1.